The van der Waals surface area contributed by atoms with Crippen LogP contribution in [-0.4, -0.2) is 33.9 Å². The zero-order valence-electron chi connectivity index (χ0n) is 12.0. The first kappa shape index (κ1) is 15.8. The highest BCUT2D eigenvalue weighted by atomic mass is 32.1. The Morgan fingerprint density at radius 3 is 2.91 bits per heavy atom. The van der Waals surface area contributed by atoms with Crippen molar-refractivity contribution in [2.45, 2.75) is 13.3 Å². The van der Waals surface area contributed by atoms with E-state index in [-0.39, 0.29) is 17.1 Å². The molecule has 0 atom stereocenters. The summed E-state index contributed by atoms with van der Waals surface area (Å²) in [5, 5.41) is 14.2. The summed E-state index contributed by atoms with van der Waals surface area (Å²) in [6.45, 7) is 2.10. The van der Waals surface area contributed by atoms with Crippen LogP contribution < -0.4 is 5.32 Å². The van der Waals surface area contributed by atoms with Crippen molar-refractivity contribution >= 4 is 29.0 Å². The lowest BCUT2D eigenvalue weighted by atomic mass is 10.2. The number of pyridine rings is 1. The third kappa shape index (κ3) is 3.55. The van der Waals surface area contributed by atoms with E-state index < -0.39 is 10.9 Å². The van der Waals surface area contributed by atoms with Crippen molar-refractivity contribution in [3.8, 4) is 0 Å². The molecule has 2 aromatic heterocycles. The van der Waals surface area contributed by atoms with Crippen molar-refractivity contribution < 1.29 is 14.5 Å². The molecule has 8 nitrogen and oxygen atoms in total. The Morgan fingerprint density at radius 2 is 2.32 bits per heavy atom. The number of nitrogens with zero attached hydrogens (tertiary/aromatic N) is 3. The molecule has 116 valence electrons. The van der Waals surface area contributed by atoms with Crippen LogP contribution in [0.2, 0.25) is 0 Å². The summed E-state index contributed by atoms with van der Waals surface area (Å²) in [6.07, 6.45) is 2.35. The number of anilines is 1. The SMILES string of the molecule is COC(=O)c1cc(C)nc(NCCc2ccns2)c1[N+](=O)[O-]. The van der Waals surface area contributed by atoms with Gasteiger partial charge in [-0.25, -0.2) is 14.2 Å². The second kappa shape index (κ2) is 6.94. The second-order valence-electron chi connectivity index (χ2n) is 4.41. The monoisotopic (exact) mass is 322 g/mol. The molecule has 9 heteroatoms. The highest BCUT2D eigenvalue weighted by Gasteiger charge is 2.27. The summed E-state index contributed by atoms with van der Waals surface area (Å²) in [6, 6.07) is 3.22. The number of hydrogen-bond donors (Lipinski definition) is 1. The van der Waals surface area contributed by atoms with Gasteiger partial charge in [-0.15, -0.1) is 0 Å². The van der Waals surface area contributed by atoms with E-state index in [2.05, 4.69) is 19.4 Å². The maximum atomic E-state index is 11.7. The fraction of sp³-hybridized carbons (Fsp3) is 0.308. The average Bonchev–Trinajstić information content (AvgIpc) is 2.98. The number of aromatic nitrogens is 2. The van der Waals surface area contributed by atoms with E-state index in [1.807, 2.05) is 6.07 Å². The summed E-state index contributed by atoms with van der Waals surface area (Å²) in [4.78, 5) is 27.5. The fourth-order valence-corrected chi connectivity index (χ4v) is 2.49. The number of esters is 1. The van der Waals surface area contributed by atoms with E-state index in [9.17, 15) is 14.9 Å². The smallest absolute Gasteiger partial charge is 0.345 e. The minimum Gasteiger partial charge on any atom is -0.465 e. The standard InChI is InChI=1S/C13H14N4O4S/c1-8-7-10(13(18)21-2)11(17(19)20)12(16-8)14-5-3-9-4-6-15-22-9/h4,6-7H,3,5H2,1-2H3,(H,14,16). The number of aryl methyl sites for hydroxylation is 1. The van der Waals surface area contributed by atoms with Gasteiger partial charge in [0.2, 0.25) is 5.82 Å². The van der Waals surface area contributed by atoms with Gasteiger partial charge in [-0.05, 0) is 30.6 Å². The highest BCUT2D eigenvalue weighted by molar-refractivity contribution is 7.05. The largest absolute Gasteiger partial charge is 0.465 e. The van der Waals surface area contributed by atoms with Crippen LogP contribution in [0.3, 0.4) is 0 Å². The summed E-state index contributed by atoms with van der Waals surface area (Å²) in [5.74, 6) is -0.697. The Labute approximate surface area is 130 Å². The van der Waals surface area contributed by atoms with Crippen LogP contribution in [0.25, 0.3) is 0 Å². The number of nitro groups is 1. The average molecular weight is 322 g/mol. The first-order chi connectivity index (χ1) is 10.5. The van der Waals surface area contributed by atoms with Gasteiger partial charge in [0, 0.05) is 29.7 Å². The van der Waals surface area contributed by atoms with Crippen LogP contribution >= 0.6 is 11.5 Å². The molecule has 0 aliphatic carbocycles. The maximum Gasteiger partial charge on any atom is 0.345 e. The van der Waals surface area contributed by atoms with E-state index in [1.54, 1.807) is 13.1 Å². The highest BCUT2D eigenvalue weighted by Crippen LogP contribution is 2.28. The predicted octanol–water partition coefficient (Wildman–Crippen LogP) is 2.20. The molecule has 0 spiro atoms. The van der Waals surface area contributed by atoms with Crippen LogP contribution in [0, 0.1) is 17.0 Å². The van der Waals surface area contributed by atoms with Crippen LogP contribution in [0.1, 0.15) is 20.9 Å². The first-order valence-corrected chi connectivity index (χ1v) is 7.18. The minimum atomic E-state index is -0.761. The molecule has 0 saturated heterocycles. The number of hydrogen-bond acceptors (Lipinski definition) is 8. The Hall–Kier alpha value is -2.55. The van der Waals surface area contributed by atoms with Gasteiger partial charge in [0.05, 0.1) is 12.0 Å². The molecule has 22 heavy (non-hydrogen) atoms. The Bertz CT molecular complexity index is 688. The van der Waals surface area contributed by atoms with Gasteiger partial charge in [0.15, 0.2) is 0 Å². The third-order valence-electron chi connectivity index (χ3n) is 2.86. The summed E-state index contributed by atoms with van der Waals surface area (Å²) >= 11 is 1.36. The number of methoxy groups -OCH3 is 1. The Kier molecular flexibility index (Phi) is 4.99. The molecule has 0 bridgehead atoms. The number of rotatable bonds is 6. The molecule has 0 saturated carbocycles. The van der Waals surface area contributed by atoms with Crippen LogP contribution in [0.5, 0.6) is 0 Å². The molecule has 0 radical (unpaired) electrons. The molecule has 0 aliphatic rings. The van der Waals surface area contributed by atoms with Crippen molar-refractivity contribution in [1.82, 2.24) is 9.36 Å². The third-order valence-corrected chi connectivity index (χ3v) is 3.67. The molecule has 0 aromatic carbocycles. The van der Waals surface area contributed by atoms with E-state index in [4.69, 9.17) is 0 Å². The summed E-state index contributed by atoms with van der Waals surface area (Å²) in [5.41, 5.74) is 0.00772. The number of ether oxygens (including phenoxy) is 1. The minimum absolute atomic E-state index is 0.0647. The van der Waals surface area contributed by atoms with Crippen molar-refractivity contribution in [3.63, 3.8) is 0 Å². The number of nitrogens with one attached hydrogen (secondary N) is 1. The van der Waals surface area contributed by atoms with E-state index in [0.29, 0.717) is 18.7 Å². The molecule has 0 unspecified atom stereocenters. The van der Waals surface area contributed by atoms with Gasteiger partial charge in [-0.1, -0.05) is 0 Å². The van der Waals surface area contributed by atoms with E-state index >= 15 is 0 Å². The molecule has 2 aromatic rings. The predicted molar refractivity (Wildman–Crippen MR) is 81.3 cm³/mol. The number of carbonyl (C=O) groups is 1. The molecule has 2 heterocycles. The second-order valence-corrected chi connectivity index (χ2v) is 5.33. The zero-order chi connectivity index (χ0) is 16.1. The lowest BCUT2D eigenvalue weighted by Gasteiger charge is -2.09. The van der Waals surface area contributed by atoms with Gasteiger partial charge in [-0.3, -0.25) is 10.1 Å². The van der Waals surface area contributed by atoms with Gasteiger partial charge >= 0.3 is 11.7 Å². The molecule has 0 fully saturated rings. The molecule has 1 N–H and O–H groups in total. The van der Waals surface area contributed by atoms with Gasteiger partial charge in [0.25, 0.3) is 0 Å². The van der Waals surface area contributed by atoms with Crippen LogP contribution in [0.4, 0.5) is 11.5 Å². The lowest BCUT2D eigenvalue weighted by Crippen LogP contribution is -2.13. The summed E-state index contributed by atoms with van der Waals surface area (Å²) in [7, 11) is 1.18. The fourth-order valence-electron chi connectivity index (χ4n) is 1.92. The topological polar surface area (TPSA) is 107 Å². The van der Waals surface area contributed by atoms with Gasteiger partial charge < -0.3 is 10.1 Å². The molecule has 2 rings (SSSR count). The van der Waals surface area contributed by atoms with Crippen LogP contribution in [0.15, 0.2) is 18.3 Å². The Balaban J connectivity index is 2.26. The molecule has 0 amide bonds. The molecular weight excluding hydrogens is 308 g/mol. The van der Waals surface area contributed by atoms with Crippen molar-refractivity contribution in [1.29, 1.82) is 0 Å². The van der Waals surface area contributed by atoms with E-state index in [1.165, 1.54) is 24.7 Å². The zero-order valence-corrected chi connectivity index (χ0v) is 12.8. The van der Waals surface area contributed by atoms with Crippen LogP contribution in [-0.2, 0) is 11.2 Å². The molecular formula is C13H14N4O4S. The van der Waals surface area contributed by atoms with E-state index in [0.717, 1.165) is 4.88 Å². The maximum absolute atomic E-state index is 11.7. The van der Waals surface area contributed by atoms with Gasteiger partial charge in [-0.2, -0.15) is 0 Å². The Morgan fingerprint density at radius 1 is 1.55 bits per heavy atom. The number of carbonyl (C=O) groups excluding carboxylic acids is 1. The normalized spacial score (nSPS) is 10.3. The first-order valence-electron chi connectivity index (χ1n) is 6.40. The van der Waals surface area contributed by atoms with Crippen molar-refractivity contribution in [2.75, 3.05) is 19.0 Å². The van der Waals surface area contributed by atoms with Gasteiger partial charge in [0.1, 0.15) is 5.56 Å². The van der Waals surface area contributed by atoms with Crippen molar-refractivity contribution in [2.24, 2.45) is 0 Å². The summed E-state index contributed by atoms with van der Waals surface area (Å²) < 4.78 is 8.58. The quantitative estimate of drug-likeness (QED) is 0.493. The lowest BCUT2D eigenvalue weighted by molar-refractivity contribution is -0.384. The molecule has 0 aliphatic heterocycles. The van der Waals surface area contributed by atoms with Crippen molar-refractivity contribution in [3.05, 3.63) is 44.6 Å².